The number of anilines is 1. The molecule has 1 N–H and O–H groups in total. The third-order valence-electron chi connectivity index (χ3n) is 3.99. The van der Waals surface area contributed by atoms with E-state index in [4.69, 9.17) is 4.52 Å². The van der Waals surface area contributed by atoms with Gasteiger partial charge in [-0.1, -0.05) is 11.2 Å². The van der Waals surface area contributed by atoms with Crippen LogP contribution in [0.2, 0.25) is 0 Å². The van der Waals surface area contributed by atoms with Crippen LogP contribution in [0.25, 0.3) is 0 Å². The van der Waals surface area contributed by atoms with Crippen molar-refractivity contribution in [1.82, 2.24) is 15.5 Å². The van der Waals surface area contributed by atoms with Gasteiger partial charge in [-0.2, -0.15) is 0 Å². The van der Waals surface area contributed by atoms with Crippen molar-refractivity contribution >= 4 is 11.7 Å². The second-order valence-electron chi connectivity index (χ2n) is 5.65. The van der Waals surface area contributed by atoms with Gasteiger partial charge in [-0.05, 0) is 38.8 Å². The first kappa shape index (κ1) is 14.6. The second-order valence-corrected chi connectivity index (χ2v) is 5.65. The maximum absolute atomic E-state index is 12.4. The number of pyridine rings is 1. The summed E-state index contributed by atoms with van der Waals surface area (Å²) in [4.78, 5) is 19.0. The van der Waals surface area contributed by atoms with Crippen molar-refractivity contribution in [2.24, 2.45) is 0 Å². The highest BCUT2D eigenvalue weighted by Gasteiger charge is 2.25. The number of nitrogens with zero attached hydrogens (tertiary/aromatic N) is 3. The van der Waals surface area contributed by atoms with Gasteiger partial charge in [-0.3, -0.25) is 4.79 Å². The number of hydrogen-bond acceptors (Lipinski definition) is 5. The van der Waals surface area contributed by atoms with Crippen LogP contribution < -0.4 is 10.2 Å². The Morgan fingerprint density at radius 1 is 1.41 bits per heavy atom. The van der Waals surface area contributed by atoms with E-state index in [2.05, 4.69) is 20.4 Å². The van der Waals surface area contributed by atoms with Gasteiger partial charge in [0.2, 0.25) is 0 Å². The number of rotatable bonds is 3. The van der Waals surface area contributed by atoms with Crippen molar-refractivity contribution in [2.45, 2.75) is 32.7 Å². The summed E-state index contributed by atoms with van der Waals surface area (Å²) in [7, 11) is 0. The molecule has 1 aliphatic rings. The molecular weight excluding hydrogens is 280 g/mol. The fourth-order valence-corrected chi connectivity index (χ4v) is 2.91. The number of aromatic nitrogens is 2. The molecule has 1 saturated heterocycles. The summed E-state index contributed by atoms with van der Waals surface area (Å²) >= 11 is 0. The van der Waals surface area contributed by atoms with Gasteiger partial charge in [-0.15, -0.1) is 0 Å². The smallest absolute Gasteiger partial charge is 0.257 e. The van der Waals surface area contributed by atoms with Crippen molar-refractivity contribution in [3.05, 3.63) is 41.4 Å². The molecule has 0 radical (unpaired) electrons. The van der Waals surface area contributed by atoms with E-state index in [-0.39, 0.29) is 11.9 Å². The van der Waals surface area contributed by atoms with Crippen LogP contribution in [0.3, 0.4) is 0 Å². The number of amides is 1. The van der Waals surface area contributed by atoms with Crippen LogP contribution in [0.5, 0.6) is 0 Å². The summed E-state index contributed by atoms with van der Waals surface area (Å²) in [6, 6.07) is 5.99. The minimum atomic E-state index is -0.107. The Bertz CT molecular complexity index is 634. The minimum Gasteiger partial charge on any atom is -0.361 e. The van der Waals surface area contributed by atoms with Crippen LogP contribution in [0.15, 0.2) is 28.9 Å². The largest absolute Gasteiger partial charge is 0.361 e. The molecule has 3 rings (SSSR count). The Morgan fingerprint density at radius 2 is 2.27 bits per heavy atom. The number of hydrogen-bond donors (Lipinski definition) is 1. The zero-order chi connectivity index (χ0) is 15.5. The Morgan fingerprint density at radius 3 is 2.95 bits per heavy atom. The lowest BCUT2D eigenvalue weighted by Crippen LogP contribution is -2.48. The molecule has 0 bridgehead atoms. The summed E-state index contributed by atoms with van der Waals surface area (Å²) in [5.41, 5.74) is 1.18. The molecule has 6 nitrogen and oxygen atoms in total. The van der Waals surface area contributed by atoms with Gasteiger partial charge in [-0.25, -0.2) is 4.98 Å². The lowest BCUT2D eigenvalue weighted by molar-refractivity contribution is 0.0931. The number of aryl methyl sites for hydroxylation is 2. The highest BCUT2D eigenvalue weighted by molar-refractivity contribution is 5.96. The summed E-state index contributed by atoms with van der Waals surface area (Å²) in [5.74, 6) is 1.41. The zero-order valence-corrected chi connectivity index (χ0v) is 12.9. The molecule has 1 unspecified atom stereocenters. The van der Waals surface area contributed by atoms with Crippen molar-refractivity contribution in [3.8, 4) is 0 Å². The summed E-state index contributed by atoms with van der Waals surface area (Å²) in [5, 5.41) is 6.93. The number of carbonyl (C=O) groups excluding carboxylic acids is 1. The highest BCUT2D eigenvalue weighted by atomic mass is 16.5. The van der Waals surface area contributed by atoms with E-state index < -0.39 is 0 Å². The Labute approximate surface area is 129 Å². The second kappa shape index (κ2) is 6.17. The average Bonchev–Trinajstić information content (AvgIpc) is 2.87. The highest BCUT2D eigenvalue weighted by Crippen LogP contribution is 2.18. The standard InChI is InChI=1S/C16H20N4O2/c1-11-15(12(2)22-19-11)16(21)18-13-6-5-9-20(10-13)14-7-3-4-8-17-14/h3-4,7-8,13H,5-6,9-10H2,1-2H3,(H,18,21). The third kappa shape index (κ3) is 2.95. The molecule has 0 aliphatic carbocycles. The predicted octanol–water partition coefficient (Wildman–Crippen LogP) is 2.09. The summed E-state index contributed by atoms with van der Waals surface area (Å²) in [6.45, 7) is 5.28. The molecule has 1 atom stereocenters. The fourth-order valence-electron chi connectivity index (χ4n) is 2.91. The third-order valence-corrected chi connectivity index (χ3v) is 3.99. The van der Waals surface area contributed by atoms with Crippen molar-refractivity contribution in [2.75, 3.05) is 18.0 Å². The number of carbonyl (C=O) groups is 1. The summed E-state index contributed by atoms with van der Waals surface area (Å²) < 4.78 is 5.06. The SMILES string of the molecule is Cc1noc(C)c1C(=O)NC1CCCN(c2ccccn2)C1. The molecule has 0 aromatic carbocycles. The van der Waals surface area contributed by atoms with E-state index in [1.165, 1.54) is 0 Å². The number of nitrogens with one attached hydrogen (secondary N) is 1. The van der Waals surface area contributed by atoms with Gasteiger partial charge in [0.15, 0.2) is 0 Å². The maximum Gasteiger partial charge on any atom is 0.257 e. The van der Waals surface area contributed by atoms with E-state index in [0.29, 0.717) is 17.0 Å². The maximum atomic E-state index is 12.4. The molecular formula is C16H20N4O2. The molecule has 1 amide bonds. The first-order valence-electron chi connectivity index (χ1n) is 7.55. The molecule has 1 aliphatic heterocycles. The average molecular weight is 300 g/mol. The zero-order valence-electron chi connectivity index (χ0n) is 12.9. The molecule has 22 heavy (non-hydrogen) atoms. The predicted molar refractivity (Wildman–Crippen MR) is 82.9 cm³/mol. The van der Waals surface area contributed by atoms with Gasteiger partial charge in [0.05, 0.1) is 5.69 Å². The van der Waals surface area contributed by atoms with E-state index in [1.807, 2.05) is 18.2 Å². The van der Waals surface area contributed by atoms with E-state index in [1.54, 1.807) is 20.0 Å². The van der Waals surface area contributed by atoms with Crippen LogP contribution in [0.4, 0.5) is 5.82 Å². The molecule has 116 valence electrons. The minimum absolute atomic E-state index is 0.107. The first-order valence-corrected chi connectivity index (χ1v) is 7.55. The molecule has 2 aromatic heterocycles. The van der Waals surface area contributed by atoms with Crippen LogP contribution >= 0.6 is 0 Å². The Hall–Kier alpha value is -2.37. The Balaban J connectivity index is 1.67. The topological polar surface area (TPSA) is 71.3 Å². The molecule has 0 spiro atoms. The quantitative estimate of drug-likeness (QED) is 0.939. The normalized spacial score (nSPS) is 18.3. The lowest BCUT2D eigenvalue weighted by Gasteiger charge is -2.33. The van der Waals surface area contributed by atoms with Crippen LogP contribution in [-0.2, 0) is 0 Å². The molecule has 3 heterocycles. The van der Waals surface area contributed by atoms with Crippen LogP contribution in [-0.4, -0.2) is 35.2 Å². The van der Waals surface area contributed by atoms with Gasteiger partial charge in [0, 0.05) is 25.3 Å². The van der Waals surface area contributed by atoms with Gasteiger partial charge in [0.1, 0.15) is 17.1 Å². The number of piperidine rings is 1. The van der Waals surface area contributed by atoms with Crippen molar-refractivity contribution in [1.29, 1.82) is 0 Å². The monoisotopic (exact) mass is 300 g/mol. The van der Waals surface area contributed by atoms with Gasteiger partial charge >= 0.3 is 0 Å². The van der Waals surface area contributed by atoms with Crippen LogP contribution in [0, 0.1) is 13.8 Å². The van der Waals surface area contributed by atoms with E-state index in [0.717, 1.165) is 31.7 Å². The first-order chi connectivity index (χ1) is 10.6. The molecule has 1 fully saturated rings. The van der Waals surface area contributed by atoms with E-state index >= 15 is 0 Å². The molecule has 2 aromatic rings. The lowest BCUT2D eigenvalue weighted by atomic mass is 10.0. The Kier molecular flexibility index (Phi) is 4.09. The summed E-state index contributed by atoms with van der Waals surface area (Å²) in [6.07, 6.45) is 3.79. The molecule has 0 saturated carbocycles. The van der Waals surface area contributed by atoms with Gasteiger partial charge < -0.3 is 14.7 Å². The van der Waals surface area contributed by atoms with Crippen molar-refractivity contribution in [3.63, 3.8) is 0 Å². The molecule has 6 heteroatoms. The van der Waals surface area contributed by atoms with Crippen molar-refractivity contribution < 1.29 is 9.32 Å². The fraction of sp³-hybridized carbons (Fsp3) is 0.438. The van der Waals surface area contributed by atoms with Crippen LogP contribution in [0.1, 0.15) is 34.7 Å². The van der Waals surface area contributed by atoms with E-state index in [9.17, 15) is 4.79 Å². The van der Waals surface area contributed by atoms with Gasteiger partial charge in [0.25, 0.3) is 5.91 Å².